The van der Waals surface area contributed by atoms with E-state index < -0.39 is 0 Å². The van der Waals surface area contributed by atoms with E-state index in [1.165, 1.54) is 16.7 Å². The Morgan fingerprint density at radius 2 is 1.76 bits per heavy atom. The van der Waals surface area contributed by atoms with Crippen LogP contribution in [0.4, 0.5) is 0 Å². The van der Waals surface area contributed by atoms with Gasteiger partial charge in [-0.05, 0) is 29.5 Å². The molecule has 1 aliphatic heterocycles. The van der Waals surface area contributed by atoms with Gasteiger partial charge in [-0.2, -0.15) is 0 Å². The summed E-state index contributed by atoms with van der Waals surface area (Å²) in [6.07, 6.45) is 2.30. The summed E-state index contributed by atoms with van der Waals surface area (Å²) in [6, 6.07) is 19.8. The summed E-state index contributed by atoms with van der Waals surface area (Å²) in [6.45, 7) is 3.85. The van der Waals surface area contributed by atoms with Gasteiger partial charge in [-0.25, -0.2) is 0 Å². The third kappa shape index (κ3) is 3.72. The highest BCUT2D eigenvalue weighted by molar-refractivity contribution is 5.25. The van der Waals surface area contributed by atoms with Gasteiger partial charge >= 0.3 is 0 Å². The molecule has 1 fully saturated rings. The van der Waals surface area contributed by atoms with Crippen molar-refractivity contribution in [3.63, 3.8) is 0 Å². The van der Waals surface area contributed by atoms with Crippen LogP contribution in [-0.4, -0.2) is 19.2 Å². The molecule has 0 radical (unpaired) electrons. The fourth-order valence-electron chi connectivity index (χ4n) is 2.84. The lowest BCUT2D eigenvalue weighted by molar-refractivity contribution is 0.00306. The molecule has 2 unspecified atom stereocenters. The Hall–Kier alpha value is -1.64. The molecule has 2 nitrogen and oxygen atoms in total. The first kappa shape index (κ1) is 14.3. The van der Waals surface area contributed by atoms with Crippen LogP contribution in [0, 0.1) is 0 Å². The first-order chi connectivity index (χ1) is 10.3. The molecule has 0 saturated carbocycles. The average Bonchev–Trinajstić information content (AvgIpc) is 2.57. The summed E-state index contributed by atoms with van der Waals surface area (Å²) in [4.78, 5) is 0. The monoisotopic (exact) mass is 281 g/mol. The molecular weight excluding hydrogens is 258 g/mol. The van der Waals surface area contributed by atoms with Crippen molar-refractivity contribution in [3.05, 3.63) is 71.3 Å². The van der Waals surface area contributed by atoms with Crippen LogP contribution >= 0.6 is 0 Å². The number of morpholine rings is 1. The quantitative estimate of drug-likeness (QED) is 0.926. The summed E-state index contributed by atoms with van der Waals surface area (Å²) in [7, 11) is 0. The Morgan fingerprint density at radius 3 is 2.38 bits per heavy atom. The molecule has 1 saturated heterocycles. The maximum atomic E-state index is 6.06. The lowest BCUT2D eigenvalue weighted by atomic mass is 10.0. The minimum atomic E-state index is 0.183. The predicted octanol–water partition coefficient (Wildman–Crippen LogP) is 3.52. The lowest BCUT2D eigenvalue weighted by Gasteiger charge is -2.31. The minimum Gasteiger partial charge on any atom is -0.371 e. The zero-order chi connectivity index (χ0) is 14.5. The zero-order valence-electron chi connectivity index (χ0n) is 12.6. The van der Waals surface area contributed by atoms with E-state index >= 15 is 0 Å². The van der Waals surface area contributed by atoms with Crippen LogP contribution in [0.5, 0.6) is 0 Å². The van der Waals surface area contributed by atoms with Gasteiger partial charge in [0.05, 0.1) is 12.7 Å². The fraction of sp³-hybridized carbons (Fsp3) is 0.368. The number of aryl methyl sites for hydroxylation is 1. The minimum absolute atomic E-state index is 0.183. The molecule has 2 aromatic carbocycles. The van der Waals surface area contributed by atoms with Crippen LogP contribution in [0.2, 0.25) is 0 Å². The Labute approximate surface area is 127 Å². The second-order valence-electron chi connectivity index (χ2n) is 5.71. The van der Waals surface area contributed by atoms with Crippen molar-refractivity contribution in [2.75, 3.05) is 13.2 Å². The van der Waals surface area contributed by atoms with E-state index in [2.05, 4.69) is 66.8 Å². The summed E-state index contributed by atoms with van der Waals surface area (Å²) in [5.41, 5.74) is 4.02. The van der Waals surface area contributed by atoms with Gasteiger partial charge in [0.25, 0.3) is 0 Å². The molecule has 2 heteroatoms. The third-order valence-corrected chi connectivity index (χ3v) is 4.18. The smallest absolute Gasteiger partial charge is 0.0950 e. The van der Waals surface area contributed by atoms with Gasteiger partial charge in [0.2, 0.25) is 0 Å². The summed E-state index contributed by atoms with van der Waals surface area (Å²) >= 11 is 0. The van der Waals surface area contributed by atoms with Crippen LogP contribution in [0.25, 0.3) is 0 Å². The maximum Gasteiger partial charge on any atom is 0.0950 e. The van der Waals surface area contributed by atoms with Gasteiger partial charge in [0.1, 0.15) is 0 Å². The SMILES string of the molecule is CCc1ccc(C2CNC(Cc3ccccc3)CO2)cc1. The first-order valence-electron chi connectivity index (χ1n) is 7.83. The Morgan fingerprint density at radius 1 is 1.00 bits per heavy atom. The van der Waals surface area contributed by atoms with Gasteiger partial charge in [0, 0.05) is 12.6 Å². The molecule has 0 bridgehead atoms. The number of hydrogen-bond acceptors (Lipinski definition) is 2. The van der Waals surface area contributed by atoms with Crippen LogP contribution in [0.15, 0.2) is 54.6 Å². The fourth-order valence-corrected chi connectivity index (χ4v) is 2.84. The van der Waals surface area contributed by atoms with Gasteiger partial charge in [-0.15, -0.1) is 0 Å². The van der Waals surface area contributed by atoms with Gasteiger partial charge in [-0.1, -0.05) is 61.5 Å². The number of benzene rings is 2. The third-order valence-electron chi connectivity index (χ3n) is 4.18. The zero-order valence-corrected chi connectivity index (χ0v) is 12.6. The molecule has 3 rings (SSSR count). The molecule has 2 atom stereocenters. The molecule has 0 aromatic heterocycles. The largest absolute Gasteiger partial charge is 0.371 e. The second kappa shape index (κ2) is 6.88. The summed E-state index contributed by atoms with van der Waals surface area (Å²) < 4.78 is 6.06. The van der Waals surface area contributed by atoms with E-state index in [1.54, 1.807) is 0 Å². The molecule has 0 spiro atoms. The molecule has 110 valence electrons. The highest BCUT2D eigenvalue weighted by Gasteiger charge is 2.22. The van der Waals surface area contributed by atoms with Crippen molar-refractivity contribution < 1.29 is 4.74 Å². The van der Waals surface area contributed by atoms with Gasteiger partial charge in [0.15, 0.2) is 0 Å². The Balaban J connectivity index is 1.54. The van der Waals surface area contributed by atoms with Crippen LogP contribution in [0.1, 0.15) is 29.7 Å². The number of nitrogens with one attached hydrogen (secondary N) is 1. The Kier molecular flexibility index (Phi) is 4.69. The van der Waals surface area contributed by atoms with Crippen molar-refractivity contribution in [1.29, 1.82) is 0 Å². The van der Waals surface area contributed by atoms with E-state index in [-0.39, 0.29) is 6.10 Å². The van der Waals surface area contributed by atoms with Gasteiger partial charge in [-0.3, -0.25) is 0 Å². The van der Waals surface area contributed by atoms with Crippen LogP contribution in [0.3, 0.4) is 0 Å². The topological polar surface area (TPSA) is 21.3 Å². The van der Waals surface area contributed by atoms with E-state index in [0.717, 1.165) is 26.0 Å². The molecule has 2 aromatic rings. The van der Waals surface area contributed by atoms with E-state index in [4.69, 9.17) is 4.74 Å². The molecular formula is C19H23NO. The second-order valence-corrected chi connectivity index (χ2v) is 5.71. The number of hydrogen-bond donors (Lipinski definition) is 1. The normalized spacial score (nSPS) is 22.1. The van der Waals surface area contributed by atoms with Crippen LogP contribution < -0.4 is 5.32 Å². The molecule has 21 heavy (non-hydrogen) atoms. The Bertz CT molecular complexity index is 542. The first-order valence-corrected chi connectivity index (χ1v) is 7.83. The number of rotatable bonds is 4. The maximum absolute atomic E-state index is 6.06. The van der Waals surface area contributed by atoms with Crippen LogP contribution in [-0.2, 0) is 17.6 Å². The molecule has 0 amide bonds. The molecule has 1 heterocycles. The van der Waals surface area contributed by atoms with Crippen molar-refractivity contribution >= 4 is 0 Å². The molecule has 1 aliphatic rings. The van der Waals surface area contributed by atoms with Crippen molar-refractivity contribution in [2.24, 2.45) is 0 Å². The predicted molar refractivity (Wildman–Crippen MR) is 86.4 cm³/mol. The van der Waals surface area contributed by atoms with Crippen molar-refractivity contribution in [2.45, 2.75) is 31.9 Å². The van der Waals surface area contributed by atoms with Crippen molar-refractivity contribution in [3.8, 4) is 0 Å². The van der Waals surface area contributed by atoms with E-state index in [9.17, 15) is 0 Å². The highest BCUT2D eigenvalue weighted by Crippen LogP contribution is 2.21. The highest BCUT2D eigenvalue weighted by atomic mass is 16.5. The van der Waals surface area contributed by atoms with Crippen molar-refractivity contribution in [1.82, 2.24) is 5.32 Å². The number of ether oxygens (including phenoxy) is 1. The summed E-state index contributed by atoms with van der Waals surface area (Å²) in [5, 5.41) is 3.62. The average molecular weight is 281 g/mol. The lowest BCUT2D eigenvalue weighted by Crippen LogP contribution is -2.44. The molecule has 0 aliphatic carbocycles. The van der Waals surface area contributed by atoms with Gasteiger partial charge < -0.3 is 10.1 Å². The molecule has 1 N–H and O–H groups in total. The summed E-state index contributed by atoms with van der Waals surface area (Å²) in [5.74, 6) is 0. The van der Waals surface area contributed by atoms with E-state index in [0.29, 0.717) is 6.04 Å². The standard InChI is InChI=1S/C19H23NO/c1-2-15-8-10-17(11-9-15)19-13-20-18(14-21-19)12-16-6-4-3-5-7-16/h3-11,18-20H,2,12-14H2,1H3. The van der Waals surface area contributed by atoms with E-state index in [1.807, 2.05) is 0 Å².